The van der Waals surface area contributed by atoms with E-state index in [-0.39, 0.29) is 5.75 Å². The number of carbonyl (C=O) groups is 2. The summed E-state index contributed by atoms with van der Waals surface area (Å²) in [5, 5.41) is 21.5. The van der Waals surface area contributed by atoms with Crippen molar-refractivity contribution in [3.05, 3.63) is 24.3 Å². The second-order valence-corrected chi connectivity index (χ2v) is 4.79. The normalized spacial score (nSPS) is 11.0. The van der Waals surface area contributed by atoms with E-state index in [2.05, 4.69) is 5.32 Å². The van der Waals surface area contributed by atoms with E-state index in [1.165, 1.54) is 17.0 Å². The van der Waals surface area contributed by atoms with E-state index in [4.69, 9.17) is 0 Å². The van der Waals surface area contributed by atoms with Crippen molar-refractivity contribution in [2.45, 2.75) is 39.2 Å². The van der Waals surface area contributed by atoms with Crippen LogP contribution in [0, 0.1) is 0 Å². The molecule has 3 N–H and O–H groups in total. The van der Waals surface area contributed by atoms with Gasteiger partial charge in [0.15, 0.2) is 0 Å². The number of phenols is 1. The Morgan fingerprint density at radius 1 is 1.24 bits per heavy atom. The lowest BCUT2D eigenvalue weighted by Crippen LogP contribution is -2.57. The van der Waals surface area contributed by atoms with E-state index >= 15 is 0 Å². The van der Waals surface area contributed by atoms with Gasteiger partial charge in [-0.2, -0.15) is 0 Å². The number of amides is 2. The molecule has 6 nitrogen and oxygen atoms in total. The van der Waals surface area contributed by atoms with Crippen molar-refractivity contribution in [2.75, 3.05) is 11.4 Å². The third-order valence-electron chi connectivity index (χ3n) is 3.67. The molecular weight excluding hydrogens is 272 g/mol. The predicted octanol–water partition coefficient (Wildman–Crippen LogP) is 2.57. The van der Waals surface area contributed by atoms with Crippen molar-refractivity contribution >= 4 is 17.7 Å². The minimum atomic E-state index is -1.28. The second-order valence-electron chi connectivity index (χ2n) is 4.79. The van der Waals surface area contributed by atoms with E-state index in [9.17, 15) is 19.8 Å². The van der Waals surface area contributed by atoms with E-state index in [1.807, 2.05) is 0 Å². The van der Waals surface area contributed by atoms with Crippen LogP contribution in [0.5, 0.6) is 5.75 Å². The monoisotopic (exact) mass is 294 g/mol. The van der Waals surface area contributed by atoms with Gasteiger partial charge in [-0.05, 0) is 31.9 Å². The highest BCUT2D eigenvalue weighted by atomic mass is 16.4. The van der Waals surface area contributed by atoms with Crippen LogP contribution >= 0.6 is 0 Å². The van der Waals surface area contributed by atoms with E-state index < -0.39 is 17.5 Å². The topological polar surface area (TPSA) is 89.9 Å². The molecule has 2 amide bonds. The zero-order valence-electron chi connectivity index (χ0n) is 12.6. The number of rotatable bonds is 6. The number of nitrogens with zero attached hydrogens (tertiary/aromatic N) is 1. The number of carboxylic acids is 1. The summed E-state index contributed by atoms with van der Waals surface area (Å²) in [4.78, 5) is 25.2. The van der Waals surface area contributed by atoms with E-state index in [0.29, 0.717) is 25.1 Å². The molecule has 116 valence electrons. The predicted molar refractivity (Wildman–Crippen MR) is 80.6 cm³/mol. The number of hydrogen-bond acceptors (Lipinski definition) is 3. The Morgan fingerprint density at radius 3 is 2.29 bits per heavy atom. The maximum Gasteiger partial charge on any atom is 0.329 e. The van der Waals surface area contributed by atoms with Gasteiger partial charge in [0.05, 0.1) is 0 Å². The lowest BCUT2D eigenvalue weighted by molar-refractivity contribution is -0.144. The zero-order chi connectivity index (χ0) is 16.0. The highest BCUT2D eigenvalue weighted by Gasteiger charge is 2.37. The van der Waals surface area contributed by atoms with Gasteiger partial charge >= 0.3 is 12.0 Å². The van der Waals surface area contributed by atoms with Crippen LogP contribution in [0.15, 0.2) is 24.3 Å². The fraction of sp³-hybridized carbons (Fsp3) is 0.467. The molecule has 0 aliphatic heterocycles. The number of anilines is 1. The zero-order valence-corrected chi connectivity index (χ0v) is 12.6. The molecule has 6 heteroatoms. The van der Waals surface area contributed by atoms with Gasteiger partial charge in [0, 0.05) is 18.3 Å². The summed E-state index contributed by atoms with van der Waals surface area (Å²) in [5.41, 5.74) is -0.761. The van der Waals surface area contributed by atoms with Gasteiger partial charge in [-0.25, -0.2) is 9.59 Å². The first-order valence-electron chi connectivity index (χ1n) is 7.02. The summed E-state index contributed by atoms with van der Waals surface area (Å²) in [6.07, 6.45) is 0.588. The number of urea groups is 1. The molecule has 0 heterocycles. The fourth-order valence-corrected chi connectivity index (χ4v) is 2.16. The van der Waals surface area contributed by atoms with Crippen LogP contribution in [-0.2, 0) is 4.79 Å². The molecule has 0 unspecified atom stereocenters. The average Bonchev–Trinajstić information content (AvgIpc) is 2.45. The molecule has 0 atom stereocenters. The lowest BCUT2D eigenvalue weighted by atomic mass is 9.93. The van der Waals surface area contributed by atoms with Gasteiger partial charge < -0.3 is 15.5 Å². The van der Waals surface area contributed by atoms with Crippen LogP contribution in [0.2, 0.25) is 0 Å². The maximum atomic E-state index is 12.4. The smallest absolute Gasteiger partial charge is 0.329 e. The van der Waals surface area contributed by atoms with E-state index in [0.717, 1.165) is 0 Å². The molecule has 0 fully saturated rings. The van der Waals surface area contributed by atoms with Gasteiger partial charge in [0.25, 0.3) is 0 Å². The third-order valence-corrected chi connectivity index (χ3v) is 3.67. The van der Waals surface area contributed by atoms with Crippen molar-refractivity contribution in [1.82, 2.24) is 5.32 Å². The fourth-order valence-electron chi connectivity index (χ4n) is 2.16. The molecule has 0 radical (unpaired) electrons. The van der Waals surface area contributed by atoms with Crippen molar-refractivity contribution in [3.63, 3.8) is 0 Å². The Kier molecular flexibility index (Phi) is 5.58. The van der Waals surface area contributed by atoms with Gasteiger partial charge in [-0.3, -0.25) is 4.90 Å². The first-order valence-corrected chi connectivity index (χ1v) is 7.02. The van der Waals surface area contributed by atoms with Gasteiger partial charge in [-0.1, -0.05) is 19.9 Å². The number of benzene rings is 1. The van der Waals surface area contributed by atoms with Crippen molar-refractivity contribution in [2.24, 2.45) is 0 Å². The number of nitrogens with one attached hydrogen (secondary N) is 1. The standard InChI is InChI=1S/C15H22N2O4/c1-4-15(5-2,13(19)20)16-14(21)17(6-3)11-8-7-9-12(18)10-11/h7-10,18H,4-6H2,1-3H3,(H,16,21)(H,19,20). The summed E-state index contributed by atoms with van der Waals surface area (Å²) in [6, 6.07) is 5.79. The van der Waals surface area contributed by atoms with Crippen molar-refractivity contribution in [1.29, 1.82) is 0 Å². The molecule has 0 spiro atoms. The quantitative estimate of drug-likeness (QED) is 0.752. The summed E-state index contributed by atoms with van der Waals surface area (Å²) in [7, 11) is 0. The molecule has 21 heavy (non-hydrogen) atoms. The minimum absolute atomic E-state index is 0.0502. The minimum Gasteiger partial charge on any atom is -0.508 e. The first-order chi connectivity index (χ1) is 9.90. The third kappa shape index (κ3) is 3.65. The maximum absolute atomic E-state index is 12.4. The number of phenolic OH excluding ortho intramolecular Hbond substituents is 1. The van der Waals surface area contributed by atoms with Crippen LogP contribution in [0.3, 0.4) is 0 Å². The number of carbonyl (C=O) groups excluding carboxylic acids is 1. The molecule has 0 aliphatic carbocycles. The number of aromatic hydroxyl groups is 1. The van der Waals surface area contributed by atoms with Gasteiger partial charge in [-0.15, -0.1) is 0 Å². The van der Waals surface area contributed by atoms with Crippen LogP contribution < -0.4 is 10.2 Å². The highest BCUT2D eigenvalue weighted by Crippen LogP contribution is 2.22. The molecular formula is C15H22N2O4. The second kappa shape index (κ2) is 6.97. The summed E-state index contributed by atoms with van der Waals surface area (Å²) < 4.78 is 0. The summed E-state index contributed by atoms with van der Waals surface area (Å²) >= 11 is 0. The molecule has 1 aromatic rings. The Morgan fingerprint density at radius 2 is 1.86 bits per heavy atom. The number of hydrogen-bond donors (Lipinski definition) is 3. The molecule has 0 saturated carbocycles. The SMILES string of the molecule is CCN(C(=O)NC(CC)(CC)C(=O)O)c1cccc(O)c1. The van der Waals surface area contributed by atoms with Crippen molar-refractivity contribution in [3.8, 4) is 5.75 Å². The van der Waals surface area contributed by atoms with Crippen LogP contribution in [0.1, 0.15) is 33.6 Å². The lowest BCUT2D eigenvalue weighted by Gasteiger charge is -2.31. The van der Waals surface area contributed by atoms with Crippen LogP contribution in [-0.4, -0.2) is 34.3 Å². The Balaban J connectivity index is 3.01. The Bertz CT molecular complexity index is 512. The molecule has 0 aliphatic rings. The molecule has 0 bridgehead atoms. The molecule has 0 aromatic heterocycles. The Hall–Kier alpha value is -2.24. The largest absolute Gasteiger partial charge is 0.508 e. The van der Waals surface area contributed by atoms with Crippen LogP contribution in [0.25, 0.3) is 0 Å². The average molecular weight is 294 g/mol. The molecule has 1 aromatic carbocycles. The molecule has 1 rings (SSSR count). The summed E-state index contributed by atoms with van der Waals surface area (Å²) in [6.45, 7) is 5.59. The number of carboxylic acid groups (broad SMARTS) is 1. The Labute approximate surface area is 124 Å². The summed E-state index contributed by atoms with van der Waals surface area (Å²) in [5.74, 6) is -0.998. The molecule has 0 saturated heterocycles. The van der Waals surface area contributed by atoms with Crippen LogP contribution in [0.4, 0.5) is 10.5 Å². The highest BCUT2D eigenvalue weighted by molar-refractivity contribution is 5.95. The van der Waals surface area contributed by atoms with Crippen molar-refractivity contribution < 1.29 is 19.8 Å². The van der Waals surface area contributed by atoms with Gasteiger partial charge in [0.1, 0.15) is 11.3 Å². The van der Waals surface area contributed by atoms with Gasteiger partial charge in [0.2, 0.25) is 0 Å². The van der Waals surface area contributed by atoms with E-state index in [1.54, 1.807) is 32.9 Å². The number of aliphatic carboxylic acids is 1. The first kappa shape index (κ1) is 16.8.